The predicted molar refractivity (Wildman–Crippen MR) is 208 cm³/mol. The molecule has 3 unspecified atom stereocenters. The number of rotatable bonds is 36. The molecule has 3 N–H and O–H groups in total. The Morgan fingerprint density at radius 3 is 1.55 bits per heavy atom. The quantitative estimate of drug-likeness (QED) is 0.0258. The Balaban J connectivity index is 3.81. The van der Waals surface area contributed by atoms with Crippen molar-refractivity contribution in [3.05, 3.63) is 24.3 Å². The maximum absolute atomic E-state index is 12.3. The number of amides is 1. The fraction of sp³-hybridized carbons (Fsp3) is 0.875. The molecule has 0 aliphatic heterocycles. The molecule has 49 heavy (non-hydrogen) atoms. The molecule has 0 aromatic heterocycles. The van der Waals surface area contributed by atoms with E-state index < -0.39 is 20.0 Å². The first-order valence-electron chi connectivity index (χ1n) is 20.2. The summed E-state index contributed by atoms with van der Waals surface area (Å²) in [5, 5.41) is 13.3. The van der Waals surface area contributed by atoms with Gasteiger partial charge in [-0.25, -0.2) is 4.57 Å². The fourth-order valence-electron chi connectivity index (χ4n) is 5.67. The summed E-state index contributed by atoms with van der Waals surface area (Å²) in [4.78, 5) is 22.0. The number of phosphoric ester groups is 1. The van der Waals surface area contributed by atoms with Gasteiger partial charge in [0.25, 0.3) is 0 Å². The minimum absolute atomic E-state index is 0.0544. The van der Waals surface area contributed by atoms with E-state index in [9.17, 15) is 19.4 Å². The number of hydrogen-bond donors (Lipinski definition) is 3. The second-order valence-electron chi connectivity index (χ2n) is 15.0. The number of aliphatic hydroxyl groups is 1. The van der Waals surface area contributed by atoms with Crippen LogP contribution in [0.3, 0.4) is 0 Å². The van der Waals surface area contributed by atoms with Crippen LogP contribution in [0.1, 0.15) is 174 Å². The van der Waals surface area contributed by atoms with Crippen molar-refractivity contribution in [3.8, 4) is 0 Å². The van der Waals surface area contributed by atoms with E-state index in [0.717, 1.165) is 19.3 Å². The van der Waals surface area contributed by atoms with Gasteiger partial charge in [-0.05, 0) is 25.7 Å². The molecule has 0 saturated carbocycles. The first-order chi connectivity index (χ1) is 23.5. The average molecular weight is 716 g/mol. The minimum Gasteiger partial charge on any atom is -0.387 e. The van der Waals surface area contributed by atoms with Crippen LogP contribution in [0, 0.1) is 0 Å². The third-order valence-corrected chi connectivity index (χ3v) is 9.97. The van der Waals surface area contributed by atoms with E-state index in [1.54, 1.807) is 13.0 Å². The first kappa shape index (κ1) is 48.0. The van der Waals surface area contributed by atoms with Crippen molar-refractivity contribution in [2.75, 3.05) is 40.9 Å². The van der Waals surface area contributed by atoms with Crippen LogP contribution in [0.25, 0.3) is 0 Å². The van der Waals surface area contributed by atoms with Crippen molar-refractivity contribution in [2.45, 2.75) is 187 Å². The SMILES string of the molecule is CCCCCCCCCCCCCCCCCCCCCCC/C=C/CC/C=C/C(O)C(COP(=O)(O)OCC[N+](C)(C)C)NC(=O)CC. The van der Waals surface area contributed by atoms with Gasteiger partial charge in [0, 0.05) is 6.42 Å². The Morgan fingerprint density at radius 1 is 0.673 bits per heavy atom. The topological polar surface area (TPSA) is 105 Å². The van der Waals surface area contributed by atoms with E-state index in [-0.39, 0.29) is 25.5 Å². The van der Waals surface area contributed by atoms with Gasteiger partial charge in [-0.15, -0.1) is 0 Å². The molecule has 3 atom stereocenters. The number of unbranched alkanes of at least 4 members (excludes halogenated alkanes) is 22. The Morgan fingerprint density at radius 2 is 1.10 bits per heavy atom. The van der Waals surface area contributed by atoms with Crippen molar-refractivity contribution in [2.24, 2.45) is 0 Å². The molecule has 0 heterocycles. The van der Waals surface area contributed by atoms with Gasteiger partial charge in [0.1, 0.15) is 13.2 Å². The molecule has 0 aliphatic rings. The van der Waals surface area contributed by atoms with Crippen molar-refractivity contribution in [1.82, 2.24) is 5.32 Å². The summed E-state index contributed by atoms with van der Waals surface area (Å²) < 4.78 is 23.0. The number of carbonyl (C=O) groups excluding carboxylic acids is 1. The molecule has 0 spiro atoms. The van der Waals surface area contributed by atoms with Gasteiger partial charge in [-0.3, -0.25) is 13.8 Å². The number of quaternary nitrogens is 1. The highest BCUT2D eigenvalue weighted by Gasteiger charge is 2.27. The van der Waals surface area contributed by atoms with Crippen LogP contribution >= 0.6 is 7.82 Å². The Kier molecular flexibility index (Phi) is 32.2. The first-order valence-corrected chi connectivity index (χ1v) is 21.7. The van der Waals surface area contributed by atoms with Gasteiger partial charge in [0.05, 0.1) is 39.9 Å². The second-order valence-corrected chi connectivity index (χ2v) is 16.4. The van der Waals surface area contributed by atoms with E-state index >= 15 is 0 Å². The number of nitrogens with one attached hydrogen (secondary N) is 1. The molecule has 0 rings (SSSR count). The minimum atomic E-state index is -4.30. The fourth-order valence-corrected chi connectivity index (χ4v) is 6.40. The summed E-state index contributed by atoms with van der Waals surface area (Å²) >= 11 is 0. The summed E-state index contributed by atoms with van der Waals surface area (Å²) in [6.45, 7) is 4.24. The molecule has 0 radical (unpaired) electrons. The van der Waals surface area contributed by atoms with Crippen molar-refractivity contribution in [3.63, 3.8) is 0 Å². The van der Waals surface area contributed by atoms with Gasteiger partial charge in [-0.1, -0.05) is 167 Å². The number of hydrogen-bond acceptors (Lipinski definition) is 5. The van der Waals surface area contributed by atoms with Crippen molar-refractivity contribution >= 4 is 13.7 Å². The third-order valence-electron chi connectivity index (χ3n) is 8.99. The zero-order valence-electron chi connectivity index (χ0n) is 32.7. The summed E-state index contributed by atoms with van der Waals surface area (Å²) in [7, 11) is 1.55. The van der Waals surface area contributed by atoms with Crippen LogP contribution in [-0.2, 0) is 18.4 Å². The molecule has 1 amide bonds. The molecular formula is C40H80N2O6P+. The number of phosphoric acid groups is 1. The van der Waals surface area contributed by atoms with Crippen LogP contribution in [-0.4, -0.2) is 73.4 Å². The maximum Gasteiger partial charge on any atom is 0.472 e. The molecule has 0 bridgehead atoms. The zero-order valence-corrected chi connectivity index (χ0v) is 33.6. The highest BCUT2D eigenvalue weighted by atomic mass is 31.2. The van der Waals surface area contributed by atoms with Crippen LogP contribution in [0.2, 0.25) is 0 Å². The Hall–Kier alpha value is -1.02. The summed E-state index contributed by atoms with van der Waals surface area (Å²) in [6, 6.07) is -0.856. The molecule has 290 valence electrons. The highest BCUT2D eigenvalue weighted by Crippen LogP contribution is 2.43. The van der Waals surface area contributed by atoms with Gasteiger partial charge >= 0.3 is 7.82 Å². The molecule has 0 fully saturated rings. The van der Waals surface area contributed by atoms with Crippen LogP contribution in [0.5, 0.6) is 0 Å². The van der Waals surface area contributed by atoms with E-state index in [1.807, 2.05) is 27.2 Å². The number of allylic oxidation sites excluding steroid dienone is 3. The normalized spacial score (nSPS) is 14.8. The zero-order chi connectivity index (χ0) is 36.5. The van der Waals surface area contributed by atoms with Gasteiger partial charge < -0.3 is 19.8 Å². The molecule has 0 saturated heterocycles. The molecular weight excluding hydrogens is 635 g/mol. The lowest BCUT2D eigenvalue weighted by atomic mass is 10.0. The highest BCUT2D eigenvalue weighted by molar-refractivity contribution is 7.47. The lowest BCUT2D eigenvalue weighted by molar-refractivity contribution is -0.870. The van der Waals surface area contributed by atoms with Gasteiger partial charge in [-0.2, -0.15) is 0 Å². The monoisotopic (exact) mass is 716 g/mol. The van der Waals surface area contributed by atoms with E-state index in [1.165, 1.54) is 135 Å². The van der Waals surface area contributed by atoms with E-state index in [0.29, 0.717) is 11.0 Å². The average Bonchev–Trinajstić information content (AvgIpc) is 3.05. The maximum atomic E-state index is 12.3. The Labute approximate surface area is 303 Å². The summed E-state index contributed by atoms with van der Waals surface area (Å²) in [5.41, 5.74) is 0. The summed E-state index contributed by atoms with van der Waals surface area (Å²) in [5.74, 6) is -0.275. The standard InChI is InChI=1S/C40H79N2O6P/c1-6-8-9-10-11-12-13-14-15-16-17-18-19-20-21-22-23-24-25-26-27-28-29-30-31-32-33-34-39(43)38(41-40(44)7-2)37-48-49(45,46)47-36-35-42(3,4)5/h29-30,33-34,38-39,43H,6-28,31-32,35-37H2,1-5H3,(H-,41,44,45,46)/p+1/b30-29+,34-33+. The predicted octanol–water partition coefficient (Wildman–Crippen LogP) is 10.6. The van der Waals surface area contributed by atoms with E-state index in [2.05, 4.69) is 24.4 Å². The summed E-state index contributed by atoms with van der Waals surface area (Å²) in [6.07, 6.45) is 39.3. The van der Waals surface area contributed by atoms with Crippen LogP contribution in [0.4, 0.5) is 0 Å². The van der Waals surface area contributed by atoms with E-state index in [4.69, 9.17) is 9.05 Å². The van der Waals surface area contributed by atoms with Crippen molar-refractivity contribution in [1.29, 1.82) is 0 Å². The lowest BCUT2D eigenvalue weighted by Crippen LogP contribution is -2.45. The van der Waals surface area contributed by atoms with Gasteiger partial charge in [0.15, 0.2) is 0 Å². The molecule has 0 aromatic rings. The molecule has 9 heteroatoms. The van der Waals surface area contributed by atoms with Crippen LogP contribution in [0.15, 0.2) is 24.3 Å². The smallest absolute Gasteiger partial charge is 0.387 e. The second kappa shape index (κ2) is 32.9. The number of likely N-dealkylation sites (N-methyl/N-ethyl adjacent to an activating group) is 1. The van der Waals surface area contributed by atoms with Crippen LogP contribution < -0.4 is 5.32 Å². The largest absolute Gasteiger partial charge is 0.472 e. The van der Waals surface area contributed by atoms with Gasteiger partial charge in [0.2, 0.25) is 5.91 Å². The molecule has 0 aliphatic carbocycles. The number of aliphatic hydroxyl groups excluding tert-OH is 1. The Bertz CT molecular complexity index is 860. The van der Waals surface area contributed by atoms with Crippen molar-refractivity contribution < 1.29 is 32.9 Å². The lowest BCUT2D eigenvalue weighted by Gasteiger charge is -2.25. The number of nitrogens with zero attached hydrogens (tertiary/aromatic N) is 1. The third kappa shape index (κ3) is 35.2. The molecule has 8 nitrogen and oxygen atoms in total. The molecule has 0 aromatic carbocycles. The number of carbonyl (C=O) groups is 1.